The van der Waals surface area contributed by atoms with Gasteiger partial charge in [0.25, 0.3) is 0 Å². The van der Waals surface area contributed by atoms with Gasteiger partial charge in [-0.15, -0.1) is 0 Å². The van der Waals surface area contributed by atoms with Crippen LogP contribution < -0.4 is 4.90 Å². The molecule has 0 aliphatic heterocycles. The third-order valence-electron chi connectivity index (χ3n) is 10.7. The average Bonchev–Trinajstić information content (AvgIpc) is 3.56. The molecule has 0 amide bonds. The number of fused-ring (bicyclic) bond motifs is 1. The van der Waals surface area contributed by atoms with Gasteiger partial charge in [0.1, 0.15) is 0 Å². The fraction of sp³-hybridized carbons (Fsp3) is 0. The van der Waals surface area contributed by atoms with E-state index in [1.807, 2.05) is 12.3 Å². The summed E-state index contributed by atoms with van der Waals surface area (Å²) in [6.45, 7) is 0. The molecule has 0 fully saturated rings. The van der Waals surface area contributed by atoms with Gasteiger partial charge < -0.3 is 9.47 Å². The first-order valence-corrected chi connectivity index (χ1v) is 17.8. The summed E-state index contributed by atoms with van der Waals surface area (Å²) in [7, 11) is 0. The number of aromatic nitrogens is 2. The van der Waals surface area contributed by atoms with Crippen LogP contribution in [0.3, 0.4) is 0 Å². The summed E-state index contributed by atoms with van der Waals surface area (Å²) >= 11 is 0. The number of para-hydroxylation sites is 1. The van der Waals surface area contributed by atoms with Gasteiger partial charge in [-0.05, 0) is 111 Å². The van der Waals surface area contributed by atoms with E-state index in [1.54, 1.807) is 0 Å². The number of anilines is 3. The Labute approximate surface area is 300 Å². The Morgan fingerprint density at radius 1 is 0.385 bits per heavy atom. The molecule has 52 heavy (non-hydrogen) atoms. The lowest BCUT2D eigenvalue weighted by Gasteiger charge is -2.26. The zero-order valence-corrected chi connectivity index (χ0v) is 28.2. The average molecular weight is 662 g/mol. The Kier molecular flexibility index (Phi) is 6.25. The van der Waals surface area contributed by atoms with Crippen LogP contribution in [0.15, 0.2) is 188 Å². The van der Waals surface area contributed by atoms with Crippen molar-refractivity contribution in [2.45, 2.75) is 0 Å². The van der Waals surface area contributed by atoms with Crippen molar-refractivity contribution in [1.82, 2.24) is 9.55 Å². The standard InChI is InChI=1S/C49H31N3/c1-3-11-32(12-4-1)33-22-25-38(26-23-33)51(37-14-5-2-6-15-37)39-16-10-17-40(31-39)52-44-27-24-35-21-20-34-13-9-18-41-42-29-36(43-19-7-8-28-50-43)30-45(52)48(42)49(44)47(35)46(34)41/h1-31H. The van der Waals surface area contributed by atoms with Gasteiger partial charge >= 0.3 is 0 Å². The lowest BCUT2D eigenvalue weighted by molar-refractivity contribution is 1.17. The summed E-state index contributed by atoms with van der Waals surface area (Å²) in [5, 5.41) is 10.4. The molecule has 9 aromatic carbocycles. The SMILES string of the molecule is c1ccc(-c2ccc(N(c3ccccc3)c3cccc(-n4c5cc(-c6ccccn6)cc6c7cccc8ccc9ccc4c(c9c87)c65)c3)cc2)cc1. The largest absolute Gasteiger partial charge is 0.310 e. The number of hydrogen-bond acceptors (Lipinski definition) is 2. The van der Waals surface area contributed by atoms with Crippen molar-refractivity contribution in [3.63, 3.8) is 0 Å². The highest BCUT2D eigenvalue weighted by atomic mass is 15.1. The minimum atomic E-state index is 0.969. The van der Waals surface area contributed by atoms with E-state index in [2.05, 4.69) is 185 Å². The third kappa shape index (κ3) is 4.30. The first-order chi connectivity index (χ1) is 25.8. The number of hydrogen-bond donors (Lipinski definition) is 0. The molecule has 3 nitrogen and oxygen atoms in total. The van der Waals surface area contributed by atoms with Crippen LogP contribution in [-0.4, -0.2) is 9.55 Å². The molecule has 0 spiro atoms. The molecule has 0 N–H and O–H groups in total. The molecule has 2 aromatic heterocycles. The van der Waals surface area contributed by atoms with E-state index < -0.39 is 0 Å². The van der Waals surface area contributed by atoms with Gasteiger partial charge in [0.05, 0.1) is 16.7 Å². The second-order valence-electron chi connectivity index (χ2n) is 13.6. The minimum absolute atomic E-state index is 0.969. The molecule has 0 radical (unpaired) electrons. The van der Waals surface area contributed by atoms with Gasteiger partial charge in [0.15, 0.2) is 0 Å². The maximum atomic E-state index is 4.80. The number of rotatable bonds is 6. The zero-order valence-electron chi connectivity index (χ0n) is 28.2. The quantitative estimate of drug-likeness (QED) is 0.131. The zero-order chi connectivity index (χ0) is 34.2. The Hall–Kier alpha value is -6.97. The van der Waals surface area contributed by atoms with Gasteiger partial charge in [-0.1, -0.05) is 109 Å². The van der Waals surface area contributed by atoms with Crippen molar-refractivity contribution in [1.29, 1.82) is 0 Å². The van der Waals surface area contributed by atoms with Crippen molar-refractivity contribution in [2.75, 3.05) is 4.90 Å². The van der Waals surface area contributed by atoms with Gasteiger partial charge in [0, 0.05) is 50.7 Å². The fourth-order valence-corrected chi connectivity index (χ4v) is 8.44. The topological polar surface area (TPSA) is 21.1 Å². The summed E-state index contributed by atoms with van der Waals surface area (Å²) in [5.74, 6) is 0. The molecule has 0 saturated heterocycles. The maximum absolute atomic E-state index is 4.80. The number of benzene rings is 9. The second kappa shape index (κ2) is 11.3. The highest BCUT2D eigenvalue weighted by Gasteiger charge is 2.24. The van der Waals surface area contributed by atoms with Gasteiger partial charge in [-0.2, -0.15) is 0 Å². The van der Waals surface area contributed by atoms with Gasteiger partial charge in [0.2, 0.25) is 0 Å². The maximum Gasteiger partial charge on any atom is 0.0702 e. The molecule has 0 aliphatic rings. The molecule has 2 heterocycles. The highest BCUT2D eigenvalue weighted by molar-refractivity contribution is 6.40. The molecule has 0 saturated carbocycles. The minimum Gasteiger partial charge on any atom is -0.310 e. The van der Waals surface area contributed by atoms with Crippen molar-refractivity contribution in [3.8, 4) is 28.1 Å². The van der Waals surface area contributed by atoms with Crippen LogP contribution in [0.2, 0.25) is 0 Å². The van der Waals surface area contributed by atoms with Crippen LogP contribution in [-0.2, 0) is 0 Å². The predicted octanol–water partition coefficient (Wildman–Crippen LogP) is 13.3. The van der Waals surface area contributed by atoms with Gasteiger partial charge in [-0.3, -0.25) is 4.98 Å². The van der Waals surface area contributed by atoms with Crippen LogP contribution in [0.5, 0.6) is 0 Å². The van der Waals surface area contributed by atoms with E-state index in [-0.39, 0.29) is 0 Å². The Balaban J connectivity index is 1.18. The smallest absolute Gasteiger partial charge is 0.0702 e. The van der Waals surface area contributed by atoms with Crippen LogP contribution >= 0.6 is 0 Å². The molecular weight excluding hydrogens is 631 g/mol. The molecule has 3 heteroatoms. The summed E-state index contributed by atoms with van der Waals surface area (Å²) in [6.07, 6.45) is 1.88. The van der Waals surface area contributed by atoms with Gasteiger partial charge in [-0.25, -0.2) is 0 Å². The highest BCUT2D eigenvalue weighted by Crippen LogP contribution is 2.48. The molecule has 0 aliphatic carbocycles. The van der Waals surface area contributed by atoms with Crippen molar-refractivity contribution >= 4 is 71.2 Å². The molecule has 0 unspecified atom stereocenters. The normalized spacial score (nSPS) is 11.8. The number of pyridine rings is 1. The molecule has 0 bridgehead atoms. The third-order valence-corrected chi connectivity index (χ3v) is 10.7. The van der Waals surface area contributed by atoms with E-state index in [1.165, 1.54) is 65.3 Å². The lowest BCUT2D eigenvalue weighted by Crippen LogP contribution is -2.10. The lowest BCUT2D eigenvalue weighted by atomic mass is 9.88. The number of nitrogens with zero attached hydrogens (tertiary/aromatic N) is 3. The van der Waals surface area contributed by atoms with E-state index in [0.29, 0.717) is 0 Å². The summed E-state index contributed by atoms with van der Waals surface area (Å²) in [4.78, 5) is 7.16. The van der Waals surface area contributed by atoms with E-state index >= 15 is 0 Å². The Bertz CT molecular complexity index is 3040. The van der Waals surface area contributed by atoms with Crippen LogP contribution in [0.4, 0.5) is 17.1 Å². The predicted molar refractivity (Wildman–Crippen MR) is 219 cm³/mol. The van der Waals surface area contributed by atoms with Crippen molar-refractivity contribution < 1.29 is 0 Å². The Morgan fingerprint density at radius 3 is 1.88 bits per heavy atom. The van der Waals surface area contributed by atoms with E-state index in [9.17, 15) is 0 Å². The van der Waals surface area contributed by atoms with E-state index in [0.717, 1.165) is 34.0 Å². The first-order valence-electron chi connectivity index (χ1n) is 17.8. The Morgan fingerprint density at radius 2 is 1.08 bits per heavy atom. The summed E-state index contributed by atoms with van der Waals surface area (Å²) < 4.78 is 2.47. The molecule has 0 atom stereocenters. The molecule has 242 valence electrons. The monoisotopic (exact) mass is 661 g/mol. The van der Waals surface area contributed by atoms with Crippen LogP contribution in [0.25, 0.3) is 82.2 Å². The summed E-state index contributed by atoms with van der Waals surface area (Å²) in [6, 6.07) is 65.8. The second-order valence-corrected chi connectivity index (χ2v) is 13.6. The molecular formula is C49H31N3. The van der Waals surface area contributed by atoms with Crippen molar-refractivity contribution in [2.24, 2.45) is 0 Å². The molecule has 11 rings (SSSR count). The fourth-order valence-electron chi connectivity index (χ4n) is 8.44. The molecule has 11 aromatic rings. The first kappa shape index (κ1) is 28.8. The van der Waals surface area contributed by atoms with Crippen LogP contribution in [0.1, 0.15) is 0 Å². The summed E-state index contributed by atoms with van der Waals surface area (Å²) in [5.41, 5.74) is 11.3. The van der Waals surface area contributed by atoms with Crippen molar-refractivity contribution in [3.05, 3.63) is 188 Å². The van der Waals surface area contributed by atoms with Crippen LogP contribution in [0, 0.1) is 0 Å². The van der Waals surface area contributed by atoms with E-state index in [4.69, 9.17) is 4.98 Å².